The Kier molecular flexibility index (Phi) is 3.95. The van der Waals surface area contributed by atoms with Gasteiger partial charge >= 0.3 is 0 Å². The monoisotopic (exact) mass is 372 g/mol. The summed E-state index contributed by atoms with van der Waals surface area (Å²) < 4.78 is 16.5. The Morgan fingerprint density at radius 3 is 2.52 bits per heavy atom. The van der Waals surface area contributed by atoms with E-state index in [9.17, 15) is 4.39 Å². The lowest BCUT2D eigenvalue weighted by molar-refractivity contribution is 0.462. The summed E-state index contributed by atoms with van der Waals surface area (Å²) >= 11 is 3.57. The second-order valence-electron chi connectivity index (χ2n) is 6.12. The molecule has 2 heterocycles. The van der Waals surface area contributed by atoms with Gasteiger partial charge in [0.05, 0.1) is 5.52 Å². The van der Waals surface area contributed by atoms with Gasteiger partial charge in [-0.1, -0.05) is 22.0 Å². The first kappa shape index (κ1) is 14.9. The quantitative estimate of drug-likeness (QED) is 0.669. The summed E-state index contributed by atoms with van der Waals surface area (Å²) in [5.41, 5.74) is 3.56. The van der Waals surface area contributed by atoms with Crippen LogP contribution in [0.15, 0.2) is 53.1 Å². The minimum atomic E-state index is -0.204. The van der Waals surface area contributed by atoms with Crippen LogP contribution in [-0.4, -0.2) is 17.7 Å². The standard InChI is InChI=1S/C19H18BrFN2/c20-14-1-6-17-18(13-7-9-22-10-8-13)12-23(19(17)11-14)16-4-2-15(21)3-5-16/h1-6,11-13,22H,7-10H2. The lowest BCUT2D eigenvalue weighted by Gasteiger charge is -2.22. The zero-order chi connectivity index (χ0) is 15.8. The van der Waals surface area contributed by atoms with E-state index < -0.39 is 0 Å². The zero-order valence-corrected chi connectivity index (χ0v) is 14.3. The van der Waals surface area contributed by atoms with E-state index in [1.54, 1.807) is 0 Å². The number of benzene rings is 2. The van der Waals surface area contributed by atoms with Gasteiger partial charge in [-0.05, 0) is 73.8 Å². The lowest BCUT2D eigenvalue weighted by atomic mass is 9.90. The third-order valence-electron chi connectivity index (χ3n) is 4.68. The van der Waals surface area contributed by atoms with E-state index in [-0.39, 0.29) is 5.82 Å². The molecule has 0 spiro atoms. The Bertz CT molecular complexity index is 832. The number of aromatic nitrogens is 1. The van der Waals surface area contributed by atoms with E-state index in [1.165, 1.54) is 41.4 Å². The summed E-state index contributed by atoms with van der Waals surface area (Å²) in [6.45, 7) is 2.15. The van der Waals surface area contributed by atoms with E-state index in [0.717, 1.165) is 23.2 Å². The van der Waals surface area contributed by atoms with Crippen molar-refractivity contribution < 1.29 is 4.39 Å². The van der Waals surface area contributed by atoms with E-state index in [0.29, 0.717) is 5.92 Å². The second-order valence-corrected chi connectivity index (χ2v) is 7.03. The van der Waals surface area contributed by atoms with Crippen molar-refractivity contribution in [1.29, 1.82) is 0 Å². The van der Waals surface area contributed by atoms with Crippen LogP contribution < -0.4 is 5.32 Å². The molecule has 0 bridgehead atoms. The fraction of sp³-hybridized carbons (Fsp3) is 0.263. The summed E-state index contributed by atoms with van der Waals surface area (Å²) in [5.74, 6) is 0.381. The molecule has 23 heavy (non-hydrogen) atoms. The van der Waals surface area contributed by atoms with Crippen LogP contribution >= 0.6 is 15.9 Å². The number of nitrogens with zero attached hydrogens (tertiary/aromatic N) is 1. The predicted octanol–water partition coefficient (Wildman–Crippen LogP) is 5.00. The molecule has 0 radical (unpaired) electrons. The summed E-state index contributed by atoms with van der Waals surface area (Å²) in [5, 5.41) is 4.73. The first-order valence-corrected chi connectivity index (χ1v) is 8.79. The molecule has 0 atom stereocenters. The summed E-state index contributed by atoms with van der Waals surface area (Å²) in [4.78, 5) is 0. The molecule has 1 aliphatic rings. The fourth-order valence-corrected chi connectivity index (χ4v) is 3.85. The van der Waals surface area contributed by atoms with Gasteiger partial charge in [0.2, 0.25) is 0 Å². The predicted molar refractivity (Wildman–Crippen MR) is 95.8 cm³/mol. The van der Waals surface area contributed by atoms with E-state index >= 15 is 0 Å². The Balaban J connectivity index is 1.89. The Labute approximate surface area is 143 Å². The maximum Gasteiger partial charge on any atom is 0.123 e. The summed E-state index contributed by atoms with van der Waals surface area (Å²) in [6, 6.07) is 13.1. The SMILES string of the molecule is Fc1ccc(-n2cc(C3CCNCC3)c3ccc(Br)cc32)cc1. The second kappa shape index (κ2) is 6.10. The molecular weight excluding hydrogens is 355 g/mol. The number of hydrogen-bond donors (Lipinski definition) is 1. The van der Waals surface area contributed by atoms with Crippen LogP contribution in [0.3, 0.4) is 0 Å². The summed E-state index contributed by atoms with van der Waals surface area (Å²) in [6.07, 6.45) is 4.57. The Morgan fingerprint density at radius 1 is 1.04 bits per heavy atom. The minimum Gasteiger partial charge on any atom is -0.317 e. The van der Waals surface area contributed by atoms with Crippen molar-refractivity contribution in [3.63, 3.8) is 0 Å². The van der Waals surface area contributed by atoms with E-state index in [2.05, 4.69) is 50.2 Å². The number of nitrogens with one attached hydrogen (secondary N) is 1. The van der Waals surface area contributed by atoms with Gasteiger partial charge in [-0.15, -0.1) is 0 Å². The highest BCUT2D eigenvalue weighted by molar-refractivity contribution is 9.10. The molecule has 2 aromatic carbocycles. The molecule has 1 aromatic heterocycles. The molecule has 3 aromatic rings. The number of rotatable bonds is 2. The molecular formula is C19H18BrFN2. The van der Waals surface area contributed by atoms with Crippen LogP contribution in [0.5, 0.6) is 0 Å². The minimum absolute atomic E-state index is 0.204. The maximum atomic E-state index is 13.3. The van der Waals surface area contributed by atoms with Crippen LogP contribution in [0.4, 0.5) is 4.39 Å². The molecule has 118 valence electrons. The molecule has 0 unspecified atom stereocenters. The number of piperidine rings is 1. The highest BCUT2D eigenvalue weighted by Gasteiger charge is 2.20. The van der Waals surface area contributed by atoms with Crippen molar-refractivity contribution >= 4 is 26.8 Å². The van der Waals surface area contributed by atoms with Crippen molar-refractivity contribution in [3.05, 3.63) is 64.5 Å². The molecule has 1 N–H and O–H groups in total. The van der Waals surface area contributed by atoms with E-state index in [1.807, 2.05) is 12.1 Å². The number of hydrogen-bond acceptors (Lipinski definition) is 1. The van der Waals surface area contributed by atoms with Crippen LogP contribution in [0.1, 0.15) is 24.3 Å². The van der Waals surface area contributed by atoms with Gasteiger partial charge in [0.1, 0.15) is 5.82 Å². The van der Waals surface area contributed by atoms with Gasteiger partial charge < -0.3 is 9.88 Å². The Hall–Kier alpha value is -1.65. The molecule has 0 aliphatic carbocycles. The van der Waals surface area contributed by atoms with Crippen molar-refractivity contribution in [3.8, 4) is 5.69 Å². The third-order valence-corrected chi connectivity index (χ3v) is 5.18. The lowest BCUT2D eigenvalue weighted by Crippen LogP contribution is -2.26. The number of halogens is 2. The van der Waals surface area contributed by atoms with Crippen molar-refractivity contribution in [2.75, 3.05) is 13.1 Å². The topological polar surface area (TPSA) is 17.0 Å². The average Bonchev–Trinajstić information content (AvgIpc) is 2.95. The number of fused-ring (bicyclic) bond motifs is 1. The van der Waals surface area contributed by atoms with Gasteiger partial charge in [0.15, 0.2) is 0 Å². The van der Waals surface area contributed by atoms with Crippen LogP contribution in [0.25, 0.3) is 16.6 Å². The molecule has 2 nitrogen and oxygen atoms in total. The highest BCUT2D eigenvalue weighted by Crippen LogP contribution is 2.35. The van der Waals surface area contributed by atoms with Crippen molar-refractivity contribution in [2.45, 2.75) is 18.8 Å². The van der Waals surface area contributed by atoms with Crippen molar-refractivity contribution in [1.82, 2.24) is 9.88 Å². The third kappa shape index (κ3) is 2.81. The van der Waals surface area contributed by atoms with Gasteiger partial charge in [-0.3, -0.25) is 0 Å². The first-order chi connectivity index (χ1) is 11.2. The summed E-state index contributed by atoms with van der Waals surface area (Å²) in [7, 11) is 0. The maximum absolute atomic E-state index is 13.3. The molecule has 1 aliphatic heterocycles. The molecule has 1 saturated heterocycles. The molecule has 0 saturated carbocycles. The van der Waals surface area contributed by atoms with Gasteiger partial charge in [-0.25, -0.2) is 4.39 Å². The molecule has 1 fully saturated rings. The van der Waals surface area contributed by atoms with Gasteiger partial charge in [-0.2, -0.15) is 0 Å². The smallest absolute Gasteiger partial charge is 0.123 e. The van der Waals surface area contributed by atoms with Crippen molar-refractivity contribution in [2.24, 2.45) is 0 Å². The first-order valence-electron chi connectivity index (χ1n) is 7.99. The van der Waals surface area contributed by atoms with Crippen LogP contribution in [-0.2, 0) is 0 Å². The molecule has 4 rings (SSSR count). The Morgan fingerprint density at radius 2 is 1.78 bits per heavy atom. The van der Waals surface area contributed by atoms with Gasteiger partial charge in [0, 0.05) is 21.7 Å². The normalized spacial score (nSPS) is 16.1. The average molecular weight is 373 g/mol. The highest BCUT2D eigenvalue weighted by atomic mass is 79.9. The van der Waals surface area contributed by atoms with Crippen LogP contribution in [0, 0.1) is 5.82 Å². The van der Waals surface area contributed by atoms with Crippen LogP contribution in [0.2, 0.25) is 0 Å². The molecule has 4 heteroatoms. The van der Waals surface area contributed by atoms with Gasteiger partial charge in [0.25, 0.3) is 0 Å². The molecule has 0 amide bonds. The zero-order valence-electron chi connectivity index (χ0n) is 12.7. The fourth-order valence-electron chi connectivity index (χ4n) is 3.50. The largest absolute Gasteiger partial charge is 0.317 e. The van der Waals surface area contributed by atoms with E-state index in [4.69, 9.17) is 0 Å².